The molecular formula is C23H24F3N7O. The highest BCUT2D eigenvalue weighted by Gasteiger charge is 2.32. The first-order chi connectivity index (χ1) is 16.3. The van der Waals surface area contributed by atoms with Crippen LogP contribution < -0.4 is 10.1 Å². The topological polar surface area (TPSA) is 82.7 Å². The van der Waals surface area contributed by atoms with Crippen molar-refractivity contribution in [2.75, 3.05) is 12.4 Å². The Hall–Kier alpha value is -3.63. The van der Waals surface area contributed by atoms with Gasteiger partial charge in [0.25, 0.3) is 0 Å². The Bertz CT molecular complexity index is 1290. The number of aryl methyl sites for hydroxylation is 1. The molecule has 34 heavy (non-hydrogen) atoms. The van der Waals surface area contributed by atoms with E-state index in [1.807, 2.05) is 32.6 Å². The summed E-state index contributed by atoms with van der Waals surface area (Å²) < 4.78 is 47.9. The number of fused-ring (bicyclic) bond motifs is 1. The zero-order valence-corrected chi connectivity index (χ0v) is 18.8. The van der Waals surface area contributed by atoms with Gasteiger partial charge < -0.3 is 10.1 Å². The second kappa shape index (κ2) is 8.62. The largest absolute Gasteiger partial charge is 0.489 e. The Morgan fingerprint density at radius 3 is 2.47 bits per heavy atom. The molecule has 0 atom stereocenters. The van der Waals surface area contributed by atoms with Crippen molar-refractivity contribution in [2.45, 2.75) is 44.0 Å². The predicted molar refractivity (Wildman–Crippen MR) is 120 cm³/mol. The van der Waals surface area contributed by atoms with E-state index in [4.69, 9.17) is 9.84 Å². The summed E-state index contributed by atoms with van der Waals surface area (Å²) in [5, 5.41) is 13.3. The first-order valence-electron chi connectivity index (χ1n) is 11.1. The molecule has 0 aromatic carbocycles. The number of nitrogens with zero attached hydrogens (tertiary/aromatic N) is 6. The molecule has 1 N–H and O–H groups in total. The SMILES string of the molecule is CNc1cc2c(cn1)c(-c1cnn(C)c1)nn2C1CCC(Oc2ccc(C(F)(F)F)nc2)CC1. The van der Waals surface area contributed by atoms with Crippen LogP contribution in [0.1, 0.15) is 37.4 Å². The van der Waals surface area contributed by atoms with Crippen LogP contribution in [0.25, 0.3) is 22.2 Å². The summed E-state index contributed by atoms with van der Waals surface area (Å²) in [7, 11) is 3.70. The standard InChI is InChI=1S/C23H24F3N7O/c1-27-21-9-19-18(12-29-21)22(14-10-30-32(2)13-14)31-33(19)15-3-5-16(6-4-15)34-17-7-8-20(28-11-17)23(24,25)26/h7-13,15-16H,3-6H2,1-2H3,(H,27,29). The molecule has 1 fully saturated rings. The summed E-state index contributed by atoms with van der Waals surface area (Å²) in [4.78, 5) is 7.95. The lowest BCUT2D eigenvalue weighted by molar-refractivity contribution is -0.141. The Morgan fingerprint density at radius 2 is 1.85 bits per heavy atom. The minimum Gasteiger partial charge on any atom is -0.489 e. The van der Waals surface area contributed by atoms with E-state index in [9.17, 15) is 13.2 Å². The number of hydrogen-bond acceptors (Lipinski definition) is 6. The zero-order valence-electron chi connectivity index (χ0n) is 18.8. The molecule has 4 aromatic heterocycles. The van der Waals surface area contributed by atoms with Gasteiger partial charge in [0.15, 0.2) is 0 Å². The molecule has 0 radical (unpaired) electrons. The molecule has 4 aromatic rings. The molecule has 0 saturated heterocycles. The molecule has 0 aliphatic heterocycles. The van der Waals surface area contributed by atoms with Gasteiger partial charge in [0.05, 0.1) is 30.1 Å². The molecule has 1 aliphatic rings. The van der Waals surface area contributed by atoms with Gasteiger partial charge in [-0.2, -0.15) is 23.4 Å². The van der Waals surface area contributed by atoms with Gasteiger partial charge in [-0.15, -0.1) is 0 Å². The van der Waals surface area contributed by atoms with Crippen LogP contribution in [-0.2, 0) is 13.2 Å². The third-order valence-corrected chi connectivity index (χ3v) is 6.15. The number of aromatic nitrogens is 6. The molecule has 1 saturated carbocycles. The van der Waals surface area contributed by atoms with Gasteiger partial charge in [-0.25, -0.2) is 9.97 Å². The van der Waals surface area contributed by atoms with Crippen molar-refractivity contribution in [1.29, 1.82) is 0 Å². The smallest absolute Gasteiger partial charge is 0.433 e. The minimum atomic E-state index is -4.46. The Balaban J connectivity index is 1.34. The van der Waals surface area contributed by atoms with Crippen molar-refractivity contribution in [3.63, 3.8) is 0 Å². The molecule has 8 nitrogen and oxygen atoms in total. The van der Waals surface area contributed by atoms with Crippen LogP contribution >= 0.6 is 0 Å². The molecule has 178 valence electrons. The van der Waals surface area contributed by atoms with Crippen LogP contribution in [0.4, 0.5) is 19.0 Å². The first-order valence-corrected chi connectivity index (χ1v) is 11.1. The number of anilines is 1. The van der Waals surface area contributed by atoms with Gasteiger partial charge in [-0.1, -0.05) is 0 Å². The quantitative estimate of drug-likeness (QED) is 0.448. The summed E-state index contributed by atoms with van der Waals surface area (Å²) in [6.07, 6.45) is 5.35. The molecule has 11 heteroatoms. The highest BCUT2D eigenvalue weighted by atomic mass is 19.4. The van der Waals surface area contributed by atoms with Crippen molar-refractivity contribution >= 4 is 16.7 Å². The maximum atomic E-state index is 12.7. The summed E-state index contributed by atoms with van der Waals surface area (Å²) in [6.45, 7) is 0. The minimum absolute atomic E-state index is 0.0797. The van der Waals surface area contributed by atoms with Crippen LogP contribution in [0.3, 0.4) is 0 Å². The van der Waals surface area contributed by atoms with Crippen LogP contribution in [0.5, 0.6) is 5.75 Å². The maximum absolute atomic E-state index is 12.7. The third kappa shape index (κ3) is 4.29. The van der Waals surface area contributed by atoms with Crippen LogP contribution in [0.15, 0.2) is 43.0 Å². The number of nitrogens with one attached hydrogen (secondary N) is 1. The monoisotopic (exact) mass is 471 g/mol. The number of halogens is 3. The molecule has 4 heterocycles. The van der Waals surface area contributed by atoms with E-state index in [0.717, 1.165) is 65.9 Å². The summed E-state index contributed by atoms with van der Waals surface area (Å²) in [5.74, 6) is 1.11. The molecule has 0 bridgehead atoms. The van der Waals surface area contributed by atoms with Gasteiger partial charge in [0.2, 0.25) is 0 Å². The van der Waals surface area contributed by atoms with E-state index < -0.39 is 11.9 Å². The normalized spacial score (nSPS) is 18.9. The number of rotatable bonds is 5. The first kappa shape index (κ1) is 22.2. The molecule has 0 amide bonds. The van der Waals surface area contributed by atoms with Crippen LogP contribution in [0, 0.1) is 0 Å². The van der Waals surface area contributed by atoms with E-state index in [2.05, 4.69) is 25.1 Å². The number of hydrogen-bond donors (Lipinski definition) is 1. The fraction of sp³-hybridized carbons (Fsp3) is 0.391. The maximum Gasteiger partial charge on any atom is 0.433 e. The van der Waals surface area contributed by atoms with Crippen molar-refractivity contribution in [3.05, 3.63) is 48.7 Å². The summed E-state index contributed by atoms with van der Waals surface area (Å²) in [5.41, 5.74) is 1.84. The van der Waals surface area contributed by atoms with Gasteiger partial charge in [0.1, 0.15) is 23.0 Å². The van der Waals surface area contributed by atoms with E-state index in [-0.39, 0.29) is 12.1 Å². The summed E-state index contributed by atoms with van der Waals surface area (Å²) in [6, 6.07) is 4.45. The number of ether oxygens (including phenoxy) is 1. The van der Waals surface area contributed by atoms with Crippen molar-refractivity contribution in [2.24, 2.45) is 7.05 Å². The molecule has 0 spiro atoms. The van der Waals surface area contributed by atoms with E-state index in [1.54, 1.807) is 10.9 Å². The predicted octanol–water partition coefficient (Wildman–Crippen LogP) is 4.85. The van der Waals surface area contributed by atoms with Crippen LogP contribution in [0.2, 0.25) is 0 Å². The van der Waals surface area contributed by atoms with E-state index in [0.29, 0.717) is 5.75 Å². The lowest BCUT2D eigenvalue weighted by Gasteiger charge is -2.29. The van der Waals surface area contributed by atoms with Crippen LogP contribution in [-0.4, -0.2) is 42.7 Å². The van der Waals surface area contributed by atoms with Crippen molar-refractivity contribution in [1.82, 2.24) is 29.5 Å². The van der Waals surface area contributed by atoms with Crippen molar-refractivity contribution < 1.29 is 17.9 Å². The molecular weight excluding hydrogens is 447 g/mol. The lowest BCUT2D eigenvalue weighted by Crippen LogP contribution is -2.26. The van der Waals surface area contributed by atoms with Gasteiger partial charge in [-0.05, 0) is 37.8 Å². The highest BCUT2D eigenvalue weighted by Crippen LogP contribution is 2.36. The van der Waals surface area contributed by atoms with Gasteiger partial charge in [0, 0.05) is 43.5 Å². The van der Waals surface area contributed by atoms with E-state index in [1.165, 1.54) is 6.07 Å². The lowest BCUT2D eigenvalue weighted by atomic mass is 9.93. The Kier molecular flexibility index (Phi) is 5.62. The fourth-order valence-electron chi connectivity index (χ4n) is 4.42. The number of alkyl halides is 3. The zero-order chi connectivity index (χ0) is 23.9. The van der Waals surface area contributed by atoms with E-state index >= 15 is 0 Å². The van der Waals surface area contributed by atoms with Gasteiger partial charge in [-0.3, -0.25) is 9.36 Å². The molecule has 1 aliphatic carbocycles. The number of pyridine rings is 2. The van der Waals surface area contributed by atoms with Gasteiger partial charge >= 0.3 is 6.18 Å². The Labute approximate surface area is 193 Å². The van der Waals surface area contributed by atoms with Crippen molar-refractivity contribution in [3.8, 4) is 17.0 Å². The molecule has 0 unspecified atom stereocenters. The average molecular weight is 471 g/mol. The summed E-state index contributed by atoms with van der Waals surface area (Å²) >= 11 is 0. The second-order valence-corrected chi connectivity index (χ2v) is 8.46. The fourth-order valence-corrected chi connectivity index (χ4v) is 4.42. The highest BCUT2D eigenvalue weighted by molar-refractivity contribution is 5.93. The molecule has 5 rings (SSSR count). The average Bonchev–Trinajstić information content (AvgIpc) is 3.42. The Morgan fingerprint density at radius 1 is 1.06 bits per heavy atom. The second-order valence-electron chi connectivity index (χ2n) is 8.46. The third-order valence-electron chi connectivity index (χ3n) is 6.15.